The fourth-order valence-corrected chi connectivity index (χ4v) is 2.43. The number of rotatable bonds is 6. The second-order valence-corrected chi connectivity index (χ2v) is 6.60. The maximum absolute atomic E-state index is 9.79. The van der Waals surface area contributed by atoms with Gasteiger partial charge in [-0.15, -0.1) is 0 Å². The Bertz CT molecular complexity index is 376. The molecule has 0 aliphatic heterocycles. The molecule has 0 heterocycles. The number of aromatic hydroxyl groups is 2. The fraction of sp³-hybridized carbons (Fsp3) is 0.600. The summed E-state index contributed by atoms with van der Waals surface area (Å²) < 4.78 is 0.526. The highest BCUT2D eigenvalue weighted by molar-refractivity contribution is 14.1. The van der Waals surface area contributed by atoms with Crippen molar-refractivity contribution >= 4 is 22.6 Å². The summed E-state index contributed by atoms with van der Waals surface area (Å²) in [5.74, 6) is 0.347. The van der Waals surface area contributed by atoms with E-state index in [4.69, 9.17) is 0 Å². The van der Waals surface area contributed by atoms with Gasteiger partial charge in [-0.25, -0.2) is 0 Å². The van der Waals surface area contributed by atoms with Crippen molar-refractivity contribution in [3.63, 3.8) is 0 Å². The van der Waals surface area contributed by atoms with E-state index in [0.29, 0.717) is 3.57 Å². The maximum Gasteiger partial charge on any atom is 0.132 e. The Labute approximate surface area is 124 Å². The summed E-state index contributed by atoms with van der Waals surface area (Å²) in [7, 11) is 0. The molecule has 0 fully saturated rings. The van der Waals surface area contributed by atoms with E-state index in [1.54, 1.807) is 12.1 Å². The third-order valence-corrected chi connectivity index (χ3v) is 4.58. The van der Waals surface area contributed by atoms with E-state index in [9.17, 15) is 10.2 Å². The smallest absolute Gasteiger partial charge is 0.132 e. The molecule has 1 aromatic rings. The highest BCUT2D eigenvalue weighted by Gasteiger charge is 2.22. The van der Waals surface area contributed by atoms with Crippen molar-refractivity contribution < 1.29 is 10.2 Å². The van der Waals surface area contributed by atoms with Gasteiger partial charge in [0.05, 0.1) is 3.57 Å². The molecule has 0 radical (unpaired) electrons. The van der Waals surface area contributed by atoms with E-state index in [1.807, 2.05) is 22.6 Å². The molecule has 2 N–H and O–H groups in total. The number of hydrogen-bond donors (Lipinski definition) is 2. The average molecular weight is 362 g/mol. The lowest BCUT2D eigenvalue weighted by molar-refractivity contribution is 0.420. The quantitative estimate of drug-likeness (QED) is 0.555. The lowest BCUT2D eigenvalue weighted by Gasteiger charge is -2.26. The van der Waals surface area contributed by atoms with E-state index in [2.05, 4.69) is 20.8 Å². The number of phenolic OH excluding ortho intramolecular Hbond substituents is 2. The summed E-state index contributed by atoms with van der Waals surface area (Å²) in [5.41, 5.74) is 1.00. The molecular formula is C15H23IO2. The van der Waals surface area contributed by atoms with Crippen molar-refractivity contribution in [1.82, 2.24) is 0 Å². The standard InChI is InChI=1S/C15H23IO2/c1-4-5-6-7-8-15(2,3)11-9-12(17)14(16)13(18)10-11/h9-10,17-18H,4-8H2,1-3H3. The van der Waals surface area contributed by atoms with Gasteiger partial charge in [0.25, 0.3) is 0 Å². The van der Waals surface area contributed by atoms with Crippen LogP contribution in [0.25, 0.3) is 0 Å². The van der Waals surface area contributed by atoms with Crippen LogP contribution in [0.5, 0.6) is 11.5 Å². The Morgan fingerprint density at radius 3 is 2.11 bits per heavy atom. The summed E-state index contributed by atoms with van der Waals surface area (Å²) in [5, 5.41) is 19.6. The molecule has 0 saturated heterocycles. The van der Waals surface area contributed by atoms with Gasteiger partial charge in [0.2, 0.25) is 0 Å². The van der Waals surface area contributed by atoms with E-state index in [0.717, 1.165) is 12.0 Å². The molecule has 3 heteroatoms. The Hall–Kier alpha value is -0.450. The molecule has 0 atom stereocenters. The van der Waals surface area contributed by atoms with Crippen LogP contribution in [-0.2, 0) is 5.41 Å². The zero-order chi connectivity index (χ0) is 13.8. The Balaban J connectivity index is 2.78. The summed E-state index contributed by atoms with van der Waals surface area (Å²) in [6.45, 7) is 6.54. The van der Waals surface area contributed by atoms with Crippen LogP contribution in [0.2, 0.25) is 0 Å². The van der Waals surface area contributed by atoms with Crippen LogP contribution in [0.4, 0.5) is 0 Å². The van der Waals surface area contributed by atoms with Crippen LogP contribution in [0, 0.1) is 3.57 Å². The van der Waals surface area contributed by atoms with Crippen LogP contribution >= 0.6 is 22.6 Å². The first-order valence-electron chi connectivity index (χ1n) is 6.60. The molecule has 0 bridgehead atoms. The molecule has 18 heavy (non-hydrogen) atoms. The largest absolute Gasteiger partial charge is 0.507 e. The highest BCUT2D eigenvalue weighted by Crippen LogP contribution is 2.37. The van der Waals surface area contributed by atoms with Gasteiger partial charge in [-0.05, 0) is 52.1 Å². The average Bonchev–Trinajstić information content (AvgIpc) is 2.31. The van der Waals surface area contributed by atoms with Crippen molar-refractivity contribution in [1.29, 1.82) is 0 Å². The van der Waals surface area contributed by atoms with Crippen molar-refractivity contribution in [3.05, 3.63) is 21.3 Å². The predicted molar refractivity (Wildman–Crippen MR) is 84.3 cm³/mol. The molecule has 0 amide bonds. The normalized spacial score (nSPS) is 11.8. The maximum atomic E-state index is 9.79. The second kappa shape index (κ2) is 6.64. The van der Waals surface area contributed by atoms with Gasteiger partial charge in [-0.1, -0.05) is 46.5 Å². The summed E-state index contributed by atoms with van der Waals surface area (Å²) >= 11 is 1.95. The van der Waals surface area contributed by atoms with E-state index in [-0.39, 0.29) is 16.9 Å². The Morgan fingerprint density at radius 2 is 1.61 bits per heavy atom. The number of hydrogen-bond acceptors (Lipinski definition) is 2. The van der Waals surface area contributed by atoms with Gasteiger partial charge in [0, 0.05) is 0 Å². The van der Waals surface area contributed by atoms with Crippen molar-refractivity contribution in [2.24, 2.45) is 0 Å². The van der Waals surface area contributed by atoms with Crippen LogP contribution < -0.4 is 0 Å². The molecular weight excluding hydrogens is 339 g/mol. The zero-order valence-corrected chi connectivity index (χ0v) is 13.6. The van der Waals surface area contributed by atoms with Gasteiger partial charge in [-0.2, -0.15) is 0 Å². The molecule has 0 spiro atoms. The SMILES string of the molecule is CCCCCCC(C)(C)c1cc(O)c(I)c(O)c1. The topological polar surface area (TPSA) is 40.5 Å². The Morgan fingerprint density at radius 1 is 1.06 bits per heavy atom. The number of halogens is 1. The first-order chi connectivity index (χ1) is 8.38. The lowest BCUT2D eigenvalue weighted by atomic mass is 9.80. The molecule has 0 aromatic heterocycles. The minimum absolute atomic E-state index is 0.00690. The van der Waals surface area contributed by atoms with Crippen molar-refractivity contribution in [2.75, 3.05) is 0 Å². The number of benzene rings is 1. The van der Waals surface area contributed by atoms with Crippen LogP contribution in [0.1, 0.15) is 58.4 Å². The monoisotopic (exact) mass is 362 g/mol. The van der Waals surface area contributed by atoms with Gasteiger partial charge >= 0.3 is 0 Å². The minimum Gasteiger partial charge on any atom is -0.507 e. The molecule has 0 unspecified atom stereocenters. The van der Waals surface area contributed by atoms with Gasteiger partial charge in [0.15, 0.2) is 0 Å². The molecule has 1 rings (SSSR count). The van der Waals surface area contributed by atoms with Crippen molar-refractivity contribution in [2.45, 2.75) is 58.3 Å². The highest BCUT2D eigenvalue weighted by atomic mass is 127. The molecule has 0 aliphatic carbocycles. The first-order valence-corrected chi connectivity index (χ1v) is 7.68. The summed E-state index contributed by atoms with van der Waals surface area (Å²) in [6, 6.07) is 3.56. The minimum atomic E-state index is -0.00690. The second-order valence-electron chi connectivity index (χ2n) is 5.52. The molecule has 2 nitrogen and oxygen atoms in total. The van der Waals surface area contributed by atoms with Gasteiger partial charge in [0.1, 0.15) is 11.5 Å². The van der Waals surface area contributed by atoms with E-state index in [1.165, 1.54) is 25.7 Å². The van der Waals surface area contributed by atoms with Crippen LogP contribution in [-0.4, -0.2) is 10.2 Å². The molecule has 1 aromatic carbocycles. The lowest BCUT2D eigenvalue weighted by Crippen LogP contribution is -2.17. The Kier molecular flexibility index (Phi) is 5.76. The molecule has 0 aliphatic rings. The van der Waals surface area contributed by atoms with E-state index >= 15 is 0 Å². The molecule has 0 saturated carbocycles. The van der Waals surface area contributed by atoms with E-state index < -0.39 is 0 Å². The van der Waals surface area contributed by atoms with Gasteiger partial charge < -0.3 is 10.2 Å². The third kappa shape index (κ3) is 4.04. The predicted octanol–water partition coefficient (Wildman–Crippen LogP) is 4.95. The third-order valence-electron chi connectivity index (χ3n) is 3.47. The number of phenols is 2. The first kappa shape index (κ1) is 15.6. The summed E-state index contributed by atoms with van der Waals surface area (Å²) in [4.78, 5) is 0. The van der Waals surface area contributed by atoms with Crippen LogP contribution in [0.15, 0.2) is 12.1 Å². The number of unbranched alkanes of at least 4 members (excludes halogenated alkanes) is 3. The van der Waals surface area contributed by atoms with Gasteiger partial charge in [-0.3, -0.25) is 0 Å². The van der Waals surface area contributed by atoms with Crippen molar-refractivity contribution in [3.8, 4) is 11.5 Å². The van der Waals surface area contributed by atoms with Crippen LogP contribution in [0.3, 0.4) is 0 Å². The zero-order valence-electron chi connectivity index (χ0n) is 11.5. The summed E-state index contributed by atoms with van der Waals surface area (Å²) in [6.07, 6.45) is 6.04. The molecule has 102 valence electrons. The fourth-order valence-electron chi connectivity index (χ4n) is 2.12.